The van der Waals surface area contributed by atoms with Crippen molar-refractivity contribution in [1.29, 1.82) is 0 Å². The van der Waals surface area contributed by atoms with E-state index in [0.717, 1.165) is 37.6 Å². The van der Waals surface area contributed by atoms with Crippen molar-refractivity contribution in [3.8, 4) is 0 Å². The molecular weight excluding hydrogens is 176 g/mol. The van der Waals surface area contributed by atoms with Crippen LogP contribution >= 0.6 is 0 Å². The molecule has 1 heterocycles. The van der Waals surface area contributed by atoms with Gasteiger partial charge < -0.3 is 15.5 Å². The van der Waals surface area contributed by atoms with Gasteiger partial charge >= 0.3 is 0 Å². The van der Waals surface area contributed by atoms with Crippen LogP contribution in [0.2, 0.25) is 0 Å². The second-order valence-electron chi connectivity index (χ2n) is 3.64. The summed E-state index contributed by atoms with van der Waals surface area (Å²) in [6.45, 7) is 8.72. The van der Waals surface area contributed by atoms with Gasteiger partial charge in [-0.2, -0.15) is 0 Å². The first-order chi connectivity index (χ1) is 6.66. The molecule has 0 amide bonds. The Kier molecular flexibility index (Phi) is 4.17. The molecule has 0 aliphatic rings. The maximum absolute atomic E-state index is 5.54. The fraction of sp³-hybridized carbons (Fsp3) is 0.636. The number of aryl methyl sites for hydroxylation is 2. The molecule has 0 bridgehead atoms. The van der Waals surface area contributed by atoms with Crippen LogP contribution in [-0.4, -0.2) is 13.1 Å². The highest BCUT2D eigenvalue weighted by atomic mass is 16.3. The van der Waals surface area contributed by atoms with Crippen molar-refractivity contribution in [2.24, 2.45) is 5.73 Å². The number of hydrogen-bond acceptors (Lipinski definition) is 3. The second-order valence-corrected chi connectivity index (χ2v) is 3.64. The Bertz CT molecular complexity index is 292. The average molecular weight is 196 g/mol. The van der Waals surface area contributed by atoms with Crippen LogP contribution in [0.15, 0.2) is 4.42 Å². The molecule has 3 N–H and O–H groups in total. The summed E-state index contributed by atoms with van der Waals surface area (Å²) in [5, 5.41) is 3.36. The maximum Gasteiger partial charge on any atom is 0.105 e. The lowest BCUT2D eigenvalue weighted by Crippen LogP contribution is -2.18. The quantitative estimate of drug-likeness (QED) is 0.704. The molecule has 1 aromatic rings. The molecule has 0 saturated carbocycles. The van der Waals surface area contributed by atoms with Gasteiger partial charge in [0.05, 0.1) is 0 Å². The molecule has 80 valence electrons. The molecule has 3 heteroatoms. The van der Waals surface area contributed by atoms with Gasteiger partial charge in [-0.3, -0.25) is 0 Å². The van der Waals surface area contributed by atoms with Crippen LogP contribution < -0.4 is 11.1 Å². The van der Waals surface area contributed by atoms with E-state index >= 15 is 0 Å². The van der Waals surface area contributed by atoms with E-state index in [9.17, 15) is 0 Å². The van der Waals surface area contributed by atoms with Crippen molar-refractivity contribution in [3.63, 3.8) is 0 Å². The van der Waals surface area contributed by atoms with Crippen molar-refractivity contribution in [1.82, 2.24) is 5.32 Å². The van der Waals surface area contributed by atoms with E-state index in [-0.39, 0.29) is 0 Å². The topological polar surface area (TPSA) is 51.2 Å². The summed E-state index contributed by atoms with van der Waals surface area (Å²) in [6, 6.07) is 0. The third kappa shape index (κ3) is 2.59. The number of nitrogens with one attached hydrogen (secondary N) is 1. The first-order valence-corrected chi connectivity index (χ1v) is 5.13. The van der Waals surface area contributed by atoms with Gasteiger partial charge in [-0.1, -0.05) is 0 Å². The Morgan fingerprint density at radius 2 is 1.93 bits per heavy atom. The van der Waals surface area contributed by atoms with Gasteiger partial charge in [0.25, 0.3) is 0 Å². The van der Waals surface area contributed by atoms with Crippen LogP contribution in [0.4, 0.5) is 0 Å². The highest BCUT2D eigenvalue weighted by Gasteiger charge is 2.09. The van der Waals surface area contributed by atoms with E-state index in [1.807, 2.05) is 13.8 Å². The van der Waals surface area contributed by atoms with Gasteiger partial charge in [0.15, 0.2) is 0 Å². The van der Waals surface area contributed by atoms with Crippen molar-refractivity contribution >= 4 is 0 Å². The van der Waals surface area contributed by atoms with E-state index in [1.54, 1.807) is 0 Å². The Morgan fingerprint density at radius 1 is 1.21 bits per heavy atom. The zero-order chi connectivity index (χ0) is 10.6. The molecule has 1 aromatic heterocycles. The maximum atomic E-state index is 5.54. The Labute approximate surface area is 85.7 Å². The number of nitrogens with two attached hydrogens (primary N) is 1. The molecule has 0 aromatic carbocycles. The molecule has 0 atom stereocenters. The van der Waals surface area contributed by atoms with Crippen LogP contribution in [0.3, 0.4) is 0 Å². The summed E-state index contributed by atoms with van der Waals surface area (Å²) in [5.74, 6) is 2.05. The monoisotopic (exact) mass is 196 g/mol. The summed E-state index contributed by atoms with van der Waals surface area (Å²) in [7, 11) is 0. The molecule has 1 rings (SSSR count). The summed E-state index contributed by atoms with van der Waals surface area (Å²) >= 11 is 0. The average Bonchev–Trinajstić information content (AvgIpc) is 2.38. The standard InChI is InChI=1S/C11H20N2O/c1-8-9(2)14-10(3)11(8)7-13-6-4-5-12/h13H,4-7,12H2,1-3H3. The summed E-state index contributed by atoms with van der Waals surface area (Å²) in [6.07, 6.45) is 1.02. The zero-order valence-electron chi connectivity index (χ0n) is 9.31. The predicted octanol–water partition coefficient (Wildman–Crippen LogP) is 1.64. The Balaban J connectivity index is 2.49. The Morgan fingerprint density at radius 3 is 2.43 bits per heavy atom. The molecule has 14 heavy (non-hydrogen) atoms. The number of rotatable bonds is 5. The highest BCUT2D eigenvalue weighted by molar-refractivity contribution is 5.31. The SMILES string of the molecule is Cc1oc(C)c(CNCCCN)c1C. The fourth-order valence-corrected chi connectivity index (χ4v) is 1.54. The van der Waals surface area contributed by atoms with E-state index in [1.165, 1.54) is 11.1 Å². The second kappa shape index (κ2) is 5.17. The smallest absolute Gasteiger partial charge is 0.105 e. The van der Waals surface area contributed by atoms with Gasteiger partial charge in [-0.15, -0.1) is 0 Å². The van der Waals surface area contributed by atoms with Crippen molar-refractivity contribution in [3.05, 3.63) is 22.6 Å². The largest absolute Gasteiger partial charge is 0.466 e. The van der Waals surface area contributed by atoms with Crippen molar-refractivity contribution in [2.75, 3.05) is 13.1 Å². The number of furan rings is 1. The molecule has 0 spiro atoms. The van der Waals surface area contributed by atoms with Crippen LogP contribution in [-0.2, 0) is 6.54 Å². The first kappa shape index (κ1) is 11.3. The minimum absolute atomic E-state index is 0.745. The van der Waals surface area contributed by atoms with E-state index < -0.39 is 0 Å². The lowest BCUT2D eigenvalue weighted by Gasteiger charge is -2.03. The van der Waals surface area contributed by atoms with Crippen LogP contribution in [0, 0.1) is 20.8 Å². The minimum Gasteiger partial charge on any atom is -0.466 e. The van der Waals surface area contributed by atoms with Gasteiger partial charge in [-0.05, 0) is 45.8 Å². The minimum atomic E-state index is 0.745. The van der Waals surface area contributed by atoms with Crippen LogP contribution in [0.5, 0.6) is 0 Å². The molecule has 0 aliphatic carbocycles. The molecule has 0 fully saturated rings. The molecule has 0 saturated heterocycles. The summed E-state index contributed by atoms with van der Waals surface area (Å²) in [4.78, 5) is 0. The summed E-state index contributed by atoms with van der Waals surface area (Å²) in [5.41, 5.74) is 7.97. The van der Waals surface area contributed by atoms with Gasteiger partial charge in [0, 0.05) is 12.1 Å². The first-order valence-electron chi connectivity index (χ1n) is 5.13. The van der Waals surface area contributed by atoms with Gasteiger partial charge in [-0.25, -0.2) is 0 Å². The van der Waals surface area contributed by atoms with Crippen molar-refractivity contribution in [2.45, 2.75) is 33.7 Å². The molecule has 0 radical (unpaired) electrons. The Hall–Kier alpha value is -0.800. The van der Waals surface area contributed by atoms with Crippen LogP contribution in [0.1, 0.15) is 29.1 Å². The van der Waals surface area contributed by atoms with E-state index in [0.29, 0.717) is 0 Å². The van der Waals surface area contributed by atoms with E-state index in [2.05, 4.69) is 12.2 Å². The highest BCUT2D eigenvalue weighted by Crippen LogP contribution is 2.20. The normalized spacial score (nSPS) is 10.9. The van der Waals surface area contributed by atoms with Crippen LogP contribution in [0.25, 0.3) is 0 Å². The third-order valence-electron chi connectivity index (χ3n) is 2.57. The van der Waals surface area contributed by atoms with Crippen molar-refractivity contribution < 1.29 is 4.42 Å². The molecule has 0 aliphatic heterocycles. The molecule has 0 unspecified atom stereocenters. The van der Waals surface area contributed by atoms with Gasteiger partial charge in [0.2, 0.25) is 0 Å². The van der Waals surface area contributed by atoms with E-state index in [4.69, 9.17) is 10.2 Å². The lowest BCUT2D eigenvalue weighted by atomic mass is 10.1. The third-order valence-corrected chi connectivity index (χ3v) is 2.57. The molecular formula is C11H20N2O. The lowest BCUT2D eigenvalue weighted by molar-refractivity contribution is 0.497. The summed E-state index contributed by atoms with van der Waals surface area (Å²) < 4.78 is 5.54. The zero-order valence-corrected chi connectivity index (χ0v) is 9.31. The molecule has 3 nitrogen and oxygen atoms in total. The number of hydrogen-bond donors (Lipinski definition) is 2. The fourth-order valence-electron chi connectivity index (χ4n) is 1.54. The predicted molar refractivity (Wildman–Crippen MR) is 58.3 cm³/mol. The van der Waals surface area contributed by atoms with Gasteiger partial charge in [0.1, 0.15) is 11.5 Å².